The largest absolute Gasteiger partial charge is 2.00 e. The van der Waals surface area contributed by atoms with Gasteiger partial charge in [0.05, 0.1) is 31.8 Å². The van der Waals surface area contributed by atoms with Crippen LogP contribution in [0.15, 0.2) is 115 Å². The molecule has 21 heteroatoms. The van der Waals surface area contributed by atoms with E-state index in [2.05, 4.69) is 20.5 Å². The van der Waals surface area contributed by atoms with Crippen LogP contribution in [0.2, 0.25) is 10.0 Å². The summed E-state index contributed by atoms with van der Waals surface area (Å²) in [6.07, 6.45) is 0. The van der Waals surface area contributed by atoms with Gasteiger partial charge in [-0.3, -0.25) is 9.11 Å². The number of azo groups is 2. The molecular weight excluding hydrogens is 856 g/mol. The number of aromatic carboxylic acids is 2. The molecule has 57 heavy (non-hydrogen) atoms. The SMILES string of the molecule is Cc1cc(Cl)c(N=Nc2c(O)c(C(=O)[O-])cc3ccccc23)cc1S(=O)(=O)O.Cc1cc(Cl)c(N=Nc2c(O)c(C(=O)[O-])cc3ccccc23)cc1S(=O)(=O)O.[Ca+2]. The van der Waals surface area contributed by atoms with E-state index in [0.29, 0.717) is 21.5 Å². The standard InChI is InChI=1S/2C18H13ClN2O6S.Ca/c2*1-9-6-13(19)14(8-15(9)28(25,26)27)20-21-16-11-5-3-2-4-10(11)7-12(17(16)22)18(23)24;/h2*2-8,22H,1H3,(H,23,24)(H,25,26,27);/q;;+2/p-2. The van der Waals surface area contributed by atoms with E-state index < -0.39 is 64.6 Å². The first-order valence-corrected chi connectivity index (χ1v) is 19.1. The van der Waals surface area contributed by atoms with Gasteiger partial charge < -0.3 is 30.0 Å². The molecule has 0 aromatic heterocycles. The Morgan fingerprint density at radius 2 is 0.912 bits per heavy atom. The summed E-state index contributed by atoms with van der Waals surface area (Å²) in [4.78, 5) is 21.8. The van der Waals surface area contributed by atoms with E-state index in [0.717, 1.165) is 12.1 Å². The molecule has 6 aromatic rings. The third-order valence-electron chi connectivity index (χ3n) is 7.99. The number of halogens is 2. The van der Waals surface area contributed by atoms with E-state index in [-0.39, 0.29) is 81.7 Å². The topological polar surface area (TPSA) is 279 Å². The maximum atomic E-state index is 11.5. The third-order valence-corrected chi connectivity index (χ3v) is 10.6. The Morgan fingerprint density at radius 3 is 1.23 bits per heavy atom. The molecule has 4 N–H and O–H groups in total. The Hall–Kier alpha value is -4.76. The molecule has 0 aliphatic carbocycles. The number of fused-ring (bicyclic) bond motifs is 2. The van der Waals surface area contributed by atoms with E-state index in [4.69, 9.17) is 23.2 Å². The van der Waals surface area contributed by atoms with Gasteiger partial charge in [0.25, 0.3) is 20.2 Å². The predicted molar refractivity (Wildman–Crippen MR) is 206 cm³/mol. The molecule has 0 atom stereocenters. The van der Waals surface area contributed by atoms with Crippen LogP contribution < -0.4 is 10.2 Å². The molecule has 6 rings (SSSR count). The maximum Gasteiger partial charge on any atom is 2.00 e. The molecule has 0 bridgehead atoms. The molecule has 16 nitrogen and oxygen atoms in total. The molecule has 0 amide bonds. The van der Waals surface area contributed by atoms with Crippen molar-refractivity contribution in [1.29, 1.82) is 0 Å². The van der Waals surface area contributed by atoms with Gasteiger partial charge in [-0.25, -0.2) is 0 Å². The van der Waals surface area contributed by atoms with Crippen molar-refractivity contribution in [3.05, 3.63) is 117 Å². The van der Waals surface area contributed by atoms with Crippen molar-refractivity contribution in [3.8, 4) is 11.5 Å². The number of rotatable bonds is 8. The number of benzene rings is 6. The summed E-state index contributed by atoms with van der Waals surface area (Å²) in [6, 6.07) is 20.2. The number of hydrogen-bond acceptors (Lipinski definition) is 14. The van der Waals surface area contributed by atoms with Crippen LogP contribution in [0.1, 0.15) is 31.8 Å². The monoisotopic (exact) mass is 878 g/mol. The number of hydrogen-bond donors (Lipinski definition) is 4. The summed E-state index contributed by atoms with van der Waals surface area (Å²) in [6.45, 7) is 2.89. The molecule has 0 unspecified atom stereocenters. The average Bonchev–Trinajstić information content (AvgIpc) is 3.10. The van der Waals surface area contributed by atoms with Gasteiger partial charge in [0.2, 0.25) is 0 Å². The number of aromatic hydroxyl groups is 2. The van der Waals surface area contributed by atoms with Crippen LogP contribution in [0.5, 0.6) is 11.5 Å². The Balaban J connectivity index is 0.000000248. The van der Waals surface area contributed by atoms with Gasteiger partial charge in [0, 0.05) is 21.9 Å². The molecule has 0 fully saturated rings. The van der Waals surface area contributed by atoms with Crippen molar-refractivity contribution in [3.63, 3.8) is 0 Å². The summed E-state index contributed by atoms with van der Waals surface area (Å²) in [5.41, 5.74) is -1.02. The number of aryl methyl sites for hydroxylation is 2. The van der Waals surface area contributed by atoms with Crippen LogP contribution in [0.3, 0.4) is 0 Å². The third kappa shape index (κ3) is 10.0. The van der Waals surface area contributed by atoms with Gasteiger partial charge in [-0.2, -0.15) is 16.8 Å². The molecule has 0 saturated heterocycles. The Labute approximate surface area is 363 Å². The summed E-state index contributed by atoms with van der Waals surface area (Å²) in [7, 11) is -9.02. The van der Waals surface area contributed by atoms with E-state index in [1.54, 1.807) is 48.5 Å². The number of phenols is 2. The first kappa shape index (κ1) is 44.9. The Kier molecular flexibility index (Phi) is 14.0. The van der Waals surface area contributed by atoms with Crippen molar-refractivity contribution in [2.45, 2.75) is 23.6 Å². The number of carbonyl (C=O) groups is 2. The molecule has 0 saturated carbocycles. The zero-order chi connectivity index (χ0) is 41.3. The first-order valence-electron chi connectivity index (χ1n) is 15.5. The second kappa shape index (κ2) is 17.8. The molecule has 0 radical (unpaired) electrons. The zero-order valence-corrected chi connectivity index (χ0v) is 34.6. The van der Waals surface area contributed by atoms with Crippen molar-refractivity contribution < 1.29 is 56.0 Å². The van der Waals surface area contributed by atoms with Crippen LogP contribution >= 0.6 is 23.2 Å². The first-order chi connectivity index (χ1) is 26.2. The van der Waals surface area contributed by atoms with E-state index in [9.17, 15) is 56.0 Å². The van der Waals surface area contributed by atoms with Crippen LogP contribution in [0.25, 0.3) is 21.5 Å². The molecule has 0 aliphatic rings. The second-order valence-corrected chi connectivity index (χ2v) is 15.3. The van der Waals surface area contributed by atoms with Crippen molar-refractivity contribution in [2.75, 3.05) is 0 Å². The van der Waals surface area contributed by atoms with Gasteiger partial charge in [-0.15, -0.1) is 20.5 Å². The van der Waals surface area contributed by atoms with Crippen LogP contribution in [0.4, 0.5) is 22.7 Å². The minimum Gasteiger partial charge on any atom is -0.545 e. The summed E-state index contributed by atoms with van der Waals surface area (Å²) in [5, 5.41) is 60.5. The van der Waals surface area contributed by atoms with E-state index >= 15 is 0 Å². The molecule has 288 valence electrons. The van der Waals surface area contributed by atoms with Crippen LogP contribution in [0, 0.1) is 13.8 Å². The molecule has 0 aliphatic heterocycles. The van der Waals surface area contributed by atoms with Gasteiger partial charge in [-0.1, -0.05) is 71.7 Å². The summed E-state index contributed by atoms with van der Waals surface area (Å²) < 4.78 is 64.5. The normalized spacial score (nSPS) is 11.8. The van der Waals surface area contributed by atoms with E-state index in [1.807, 2.05) is 0 Å². The minimum atomic E-state index is -4.51. The Morgan fingerprint density at radius 1 is 0.579 bits per heavy atom. The predicted octanol–water partition coefficient (Wildman–Crippen LogP) is 6.68. The molecular formula is C36H24CaCl2N4O12S2. The van der Waals surface area contributed by atoms with Gasteiger partial charge >= 0.3 is 37.7 Å². The quantitative estimate of drug-likeness (QED) is 0.0707. The molecule has 0 heterocycles. The van der Waals surface area contributed by atoms with E-state index in [1.165, 1.54) is 38.1 Å². The molecule has 0 spiro atoms. The van der Waals surface area contributed by atoms with Crippen molar-refractivity contribution in [2.24, 2.45) is 20.5 Å². The Bertz CT molecular complexity index is 2710. The minimum absolute atomic E-state index is 0. The van der Waals surface area contributed by atoms with Crippen LogP contribution in [-0.4, -0.2) is 85.8 Å². The van der Waals surface area contributed by atoms with Gasteiger partial charge in [0.1, 0.15) is 22.7 Å². The fraction of sp³-hybridized carbons (Fsp3) is 0.0556. The van der Waals surface area contributed by atoms with Gasteiger partial charge in [0.15, 0.2) is 11.5 Å². The second-order valence-electron chi connectivity index (χ2n) is 11.7. The van der Waals surface area contributed by atoms with Crippen molar-refractivity contribution in [1.82, 2.24) is 0 Å². The maximum absolute atomic E-state index is 11.5. The van der Waals surface area contributed by atoms with Crippen molar-refractivity contribution >= 4 is 137 Å². The fourth-order valence-corrected chi connectivity index (χ4v) is 7.31. The zero-order valence-electron chi connectivity index (χ0n) is 29.2. The smallest absolute Gasteiger partial charge is 0.545 e. The summed E-state index contributed by atoms with van der Waals surface area (Å²) in [5.74, 6) is -4.50. The number of nitrogens with zero attached hydrogens (tertiary/aromatic N) is 4. The fourth-order valence-electron chi connectivity index (χ4n) is 5.35. The van der Waals surface area contributed by atoms with Gasteiger partial charge in [-0.05, 0) is 72.1 Å². The summed E-state index contributed by atoms with van der Waals surface area (Å²) >= 11 is 12.1. The van der Waals surface area contributed by atoms with Crippen LogP contribution in [-0.2, 0) is 20.2 Å². The number of carbonyl (C=O) groups excluding carboxylic acids is 2. The number of carboxylic acids is 2. The molecule has 6 aromatic carbocycles. The number of carboxylic acid groups (broad SMARTS) is 2. The average molecular weight is 880 g/mol.